The SMILES string of the molecule is CCOC(=O)/C(=C(/Oc1ccccc1)c1ccc(OC)cc1)c1ccccc1C. The zero-order chi connectivity index (χ0) is 20.6. The molecule has 0 spiro atoms. The van der Waals surface area contributed by atoms with Crippen LogP contribution < -0.4 is 9.47 Å². The number of methoxy groups -OCH3 is 1. The maximum Gasteiger partial charge on any atom is 0.342 e. The smallest absolute Gasteiger partial charge is 0.342 e. The van der Waals surface area contributed by atoms with Crippen molar-refractivity contribution in [1.82, 2.24) is 0 Å². The van der Waals surface area contributed by atoms with Gasteiger partial charge in [0.1, 0.15) is 22.8 Å². The first kappa shape index (κ1) is 20.2. The number of para-hydroxylation sites is 1. The molecule has 4 heteroatoms. The molecule has 148 valence electrons. The van der Waals surface area contributed by atoms with Crippen molar-refractivity contribution in [3.63, 3.8) is 0 Å². The van der Waals surface area contributed by atoms with Crippen molar-refractivity contribution in [2.45, 2.75) is 13.8 Å². The van der Waals surface area contributed by atoms with E-state index in [2.05, 4.69) is 0 Å². The van der Waals surface area contributed by atoms with Gasteiger partial charge in [-0.1, -0.05) is 42.5 Å². The number of carbonyl (C=O) groups is 1. The van der Waals surface area contributed by atoms with E-state index in [1.165, 1.54) is 0 Å². The zero-order valence-electron chi connectivity index (χ0n) is 16.8. The highest BCUT2D eigenvalue weighted by Gasteiger charge is 2.24. The summed E-state index contributed by atoms with van der Waals surface area (Å²) >= 11 is 0. The lowest BCUT2D eigenvalue weighted by molar-refractivity contribution is -0.136. The Bertz CT molecular complexity index is 989. The van der Waals surface area contributed by atoms with Gasteiger partial charge in [0.15, 0.2) is 0 Å². The zero-order valence-corrected chi connectivity index (χ0v) is 16.8. The summed E-state index contributed by atoms with van der Waals surface area (Å²) in [6.07, 6.45) is 0. The first-order valence-corrected chi connectivity index (χ1v) is 9.48. The minimum Gasteiger partial charge on any atom is -0.497 e. The number of benzene rings is 3. The second kappa shape index (κ2) is 9.60. The monoisotopic (exact) mass is 388 g/mol. The normalized spacial score (nSPS) is 11.4. The van der Waals surface area contributed by atoms with Crippen molar-refractivity contribution in [2.24, 2.45) is 0 Å². The van der Waals surface area contributed by atoms with Crippen LogP contribution in [0.4, 0.5) is 0 Å². The molecule has 3 aromatic rings. The molecular formula is C25H24O4. The van der Waals surface area contributed by atoms with E-state index in [9.17, 15) is 4.79 Å². The van der Waals surface area contributed by atoms with Crippen LogP contribution >= 0.6 is 0 Å². The lowest BCUT2D eigenvalue weighted by atomic mass is 9.97. The van der Waals surface area contributed by atoms with Crippen molar-refractivity contribution in [3.05, 3.63) is 95.6 Å². The third-order valence-corrected chi connectivity index (χ3v) is 4.44. The van der Waals surface area contributed by atoms with Gasteiger partial charge in [-0.25, -0.2) is 4.79 Å². The molecule has 29 heavy (non-hydrogen) atoms. The second-order valence-electron chi connectivity index (χ2n) is 6.38. The first-order chi connectivity index (χ1) is 14.1. The molecule has 0 N–H and O–H groups in total. The highest BCUT2D eigenvalue weighted by Crippen LogP contribution is 2.32. The fraction of sp³-hybridized carbons (Fsp3) is 0.160. The maximum atomic E-state index is 13.0. The second-order valence-corrected chi connectivity index (χ2v) is 6.38. The van der Waals surface area contributed by atoms with Gasteiger partial charge in [-0.3, -0.25) is 0 Å². The lowest BCUT2D eigenvalue weighted by Crippen LogP contribution is -2.13. The predicted octanol–water partition coefficient (Wildman–Crippen LogP) is 5.51. The fourth-order valence-corrected chi connectivity index (χ4v) is 2.98. The number of ether oxygens (including phenoxy) is 3. The number of esters is 1. The molecule has 0 saturated heterocycles. The molecule has 3 aromatic carbocycles. The van der Waals surface area contributed by atoms with Gasteiger partial charge < -0.3 is 14.2 Å². The summed E-state index contributed by atoms with van der Waals surface area (Å²) in [5.74, 6) is 1.37. The van der Waals surface area contributed by atoms with Crippen LogP contribution in [0.5, 0.6) is 11.5 Å². The molecule has 4 nitrogen and oxygen atoms in total. The van der Waals surface area contributed by atoms with E-state index in [1.54, 1.807) is 14.0 Å². The Balaban J connectivity index is 2.25. The van der Waals surface area contributed by atoms with E-state index < -0.39 is 5.97 Å². The molecule has 0 radical (unpaired) electrons. The van der Waals surface area contributed by atoms with Gasteiger partial charge >= 0.3 is 5.97 Å². The van der Waals surface area contributed by atoms with Gasteiger partial charge in [0.25, 0.3) is 0 Å². The Morgan fingerprint density at radius 3 is 2.10 bits per heavy atom. The molecule has 0 fully saturated rings. The minimum atomic E-state index is -0.427. The molecule has 0 aromatic heterocycles. The number of carbonyl (C=O) groups excluding carboxylic acids is 1. The van der Waals surface area contributed by atoms with Gasteiger partial charge in [0, 0.05) is 5.56 Å². The van der Waals surface area contributed by atoms with Crippen LogP contribution in [0.2, 0.25) is 0 Å². The van der Waals surface area contributed by atoms with E-state index in [-0.39, 0.29) is 6.61 Å². The van der Waals surface area contributed by atoms with Crippen molar-refractivity contribution in [3.8, 4) is 11.5 Å². The molecule has 0 atom stereocenters. The molecule has 0 aliphatic carbocycles. The highest BCUT2D eigenvalue weighted by molar-refractivity contribution is 6.24. The third kappa shape index (κ3) is 4.85. The van der Waals surface area contributed by atoms with Gasteiger partial charge in [0.2, 0.25) is 0 Å². The average molecular weight is 388 g/mol. The summed E-state index contributed by atoms with van der Waals surface area (Å²) in [6.45, 7) is 4.02. The van der Waals surface area contributed by atoms with Crippen LogP contribution in [0.15, 0.2) is 78.9 Å². The third-order valence-electron chi connectivity index (χ3n) is 4.44. The van der Waals surface area contributed by atoms with Crippen LogP contribution in [0, 0.1) is 6.92 Å². The van der Waals surface area contributed by atoms with E-state index in [0.29, 0.717) is 17.1 Å². The molecule has 0 amide bonds. The van der Waals surface area contributed by atoms with E-state index in [4.69, 9.17) is 14.2 Å². The Kier molecular flexibility index (Phi) is 6.69. The summed E-state index contributed by atoms with van der Waals surface area (Å²) in [4.78, 5) is 13.0. The molecule has 0 saturated carbocycles. The maximum absolute atomic E-state index is 13.0. The Labute approximate surface area is 171 Å². The molecule has 3 rings (SSSR count). The fourth-order valence-electron chi connectivity index (χ4n) is 2.98. The molecule has 0 heterocycles. The van der Waals surface area contributed by atoms with E-state index in [0.717, 1.165) is 22.4 Å². The predicted molar refractivity (Wildman–Crippen MR) is 115 cm³/mol. The Morgan fingerprint density at radius 1 is 0.828 bits per heavy atom. The average Bonchev–Trinajstić information content (AvgIpc) is 2.75. The Morgan fingerprint density at radius 2 is 1.48 bits per heavy atom. The molecule has 0 aliphatic heterocycles. The quantitative estimate of drug-likeness (QED) is 0.232. The Hall–Kier alpha value is -3.53. The van der Waals surface area contributed by atoms with Crippen LogP contribution in [0.1, 0.15) is 23.6 Å². The van der Waals surface area contributed by atoms with Crippen LogP contribution in [-0.2, 0) is 9.53 Å². The van der Waals surface area contributed by atoms with Gasteiger partial charge in [-0.2, -0.15) is 0 Å². The topological polar surface area (TPSA) is 44.8 Å². The van der Waals surface area contributed by atoms with Crippen LogP contribution in [0.25, 0.3) is 11.3 Å². The molecule has 0 unspecified atom stereocenters. The lowest BCUT2D eigenvalue weighted by Gasteiger charge is -2.18. The van der Waals surface area contributed by atoms with Gasteiger partial charge in [-0.15, -0.1) is 0 Å². The molecule has 0 aliphatic rings. The summed E-state index contributed by atoms with van der Waals surface area (Å²) < 4.78 is 16.9. The molecular weight excluding hydrogens is 364 g/mol. The summed E-state index contributed by atoms with van der Waals surface area (Å²) in [7, 11) is 1.61. The highest BCUT2D eigenvalue weighted by atomic mass is 16.5. The summed E-state index contributed by atoms with van der Waals surface area (Å²) in [6, 6.07) is 24.5. The van der Waals surface area contributed by atoms with E-state index >= 15 is 0 Å². The first-order valence-electron chi connectivity index (χ1n) is 9.48. The summed E-state index contributed by atoms with van der Waals surface area (Å²) in [5.41, 5.74) is 2.87. The van der Waals surface area contributed by atoms with Crippen molar-refractivity contribution < 1.29 is 19.0 Å². The van der Waals surface area contributed by atoms with Crippen LogP contribution in [-0.4, -0.2) is 19.7 Å². The van der Waals surface area contributed by atoms with E-state index in [1.807, 2.05) is 85.8 Å². The standard InChI is InChI=1S/C25H24O4/c1-4-28-25(26)23(22-13-9-8-10-18(22)2)24(29-21-11-6-5-7-12-21)19-14-16-20(27-3)17-15-19/h5-17H,4H2,1-3H3/b24-23+. The number of aryl methyl sites for hydroxylation is 1. The van der Waals surface area contributed by atoms with Gasteiger partial charge in [0.05, 0.1) is 13.7 Å². The van der Waals surface area contributed by atoms with Crippen LogP contribution in [0.3, 0.4) is 0 Å². The summed E-state index contributed by atoms with van der Waals surface area (Å²) in [5, 5.41) is 0. The minimum absolute atomic E-state index is 0.273. The van der Waals surface area contributed by atoms with Gasteiger partial charge in [-0.05, 0) is 61.4 Å². The van der Waals surface area contributed by atoms with Crippen molar-refractivity contribution in [2.75, 3.05) is 13.7 Å². The number of hydrogen-bond donors (Lipinski definition) is 0. The van der Waals surface area contributed by atoms with Crippen molar-refractivity contribution >= 4 is 17.3 Å². The number of hydrogen-bond acceptors (Lipinski definition) is 4. The molecule has 0 bridgehead atoms. The van der Waals surface area contributed by atoms with Crippen molar-refractivity contribution in [1.29, 1.82) is 0 Å². The largest absolute Gasteiger partial charge is 0.497 e. The number of rotatable bonds is 7.